The number of para-hydroxylation sites is 2. The van der Waals surface area contributed by atoms with Gasteiger partial charge in [0, 0.05) is 82.6 Å². The summed E-state index contributed by atoms with van der Waals surface area (Å²) in [5, 5.41) is 24.3. The summed E-state index contributed by atoms with van der Waals surface area (Å²) in [6, 6.07) is 32.0. The van der Waals surface area contributed by atoms with Gasteiger partial charge in [0.25, 0.3) is 0 Å². The molecule has 4 aromatic carbocycles. The minimum atomic E-state index is -4.22. The highest BCUT2D eigenvalue weighted by atomic mass is 32.2. The summed E-state index contributed by atoms with van der Waals surface area (Å²) in [5.41, 5.74) is 9.34. The van der Waals surface area contributed by atoms with Gasteiger partial charge in [-0.2, -0.15) is 4.58 Å². The van der Waals surface area contributed by atoms with E-state index in [0.29, 0.717) is 13.0 Å². The molecule has 4 aromatic rings. The normalized spacial score (nSPS) is 16.0. The highest BCUT2D eigenvalue weighted by molar-refractivity contribution is 7.94. The van der Waals surface area contributed by atoms with Crippen molar-refractivity contribution in [3.05, 3.63) is 162 Å². The van der Waals surface area contributed by atoms with E-state index in [-0.39, 0.29) is 29.4 Å². The number of nitrogens with one attached hydrogen (secondary N) is 1. The number of aliphatic imine (C=N–C) groups is 1. The number of aliphatic carboxylic acids is 1. The SMILES string of the molecule is CC1(C)C(=CC=CC=Nc2ccccc2)N(CCCCCC(=O)O)c2ccc(SOOO)cc21.Cc1ccc2c(c1)C(C)(C)C(/C=C/C=C/Nc1ccccc1)=[N+]2CCCS(=O)(=O)[O-]. The van der Waals surface area contributed by atoms with Gasteiger partial charge in [0.2, 0.25) is 5.69 Å². The Morgan fingerprint density at radius 2 is 1.61 bits per heavy atom. The molecule has 0 atom stereocenters. The fraction of sp³-hybridized carbons (Fsp3) is 0.300. The van der Waals surface area contributed by atoms with E-state index in [1.165, 1.54) is 11.1 Å². The van der Waals surface area contributed by atoms with Crippen molar-refractivity contribution in [2.75, 3.05) is 29.1 Å². The lowest BCUT2D eigenvalue weighted by Crippen LogP contribution is -2.28. The first-order valence-corrected chi connectivity index (χ1v) is 23.5. The van der Waals surface area contributed by atoms with E-state index in [1.54, 1.807) is 6.21 Å². The highest BCUT2D eigenvalue weighted by Crippen LogP contribution is 2.49. The van der Waals surface area contributed by atoms with Crippen molar-refractivity contribution in [2.24, 2.45) is 4.99 Å². The van der Waals surface area contributed by atoms with Crippen LogP contribution in [0.25, 0.3) is 0 Å². The van der Waals surface area contributed by atoms with Crippen LogP contribution in [-0.2, 0) is 35.1 Å². The smallest absolute Gasteiger partial charge is 0.303 e. The quantitative estimate of drug-likeness (QED) is 0.0113. The maximum absolute atomic E-state index is 11.1. The summed E-state index contributed by atoms with van der Waals surface area (Å²) < 4.78 is 39.9. The first kappa shape index (κ1) is 49.4. The van der Waals surface area contributed by atoms with Gasteiger partial charge in [0.15, 0.2) is 5.71 Å². The van der Waals surface area contributed by atoms with Crippen LogP contribution in [0.5, 0.6) is 0 Å². The molecule has 3 N–H and O–H groups in total. The van der Waals surface area contributed by atoms with Crippen LogP contribution in [0.15, 0.2) is 155 Å². The van der Waals surface area contributed by atoms with Crippen molar-refractivity contribution >= 4 is 62.8 Å². The Bertz CT molecular complexity index is 2500. The third-order valence-corrected chi connectivity index (χ3v) is 12.4. The molecule has 338 valence electrons. The number of carbonyl (C=O) groups is 1. The monoisotopic (exact) mass is 906 g/mol. The van der Waals surface area contributed by atoms with Crippen molar-refractivity contribution in [3.8, 4) is 0 Å². The lowest BCUT2D eigenvalue weighted by molar-refractivity contribution is -0.437. The number of unbranched alkanes of at least 4 members (excludes halogenated alkanes) is 2. The maximum atomic E-state index is 11.1. The first-order chi connectivity index (χ1) is 30.6. The lowest BCUT2D eigenvalue weighted by Gasteiger charge is -2.27. The standard InChI is InChI=1S/C26H30N2O5S.C24H28N2O3S/c1-26(2)22-19-21(34-33-32-31)15-16-23(22)28(18-10-4-7-14-25(29)30)24(26)13-8-9-17-27-20-11-5-3-6-12-20;1-19-13-14-22-21(18-19)24(2,3)23(26(22)16-9-17-30(27,28)29)12-7-8-15-25-20-10-5-4-6-11-20/h3,5-6,8-9,11-13,15-17,19,31H,4,7,10,14,18H2,1-2H3,(H,29,30);4-8,10-15,18H,9,16-17H2,1-3H3,(H,27,28,29). The van der Waals surface area contributed by atoms with Gasteiger partial charge in [-0.15, -0.1) is 4.33 Å². The molecule has 0 bridgehead atoms. The van der Waals surface area contributed by atoms with Crippen molar-refractivity contribution in [2.45, 2.75) is 82.4 Å². The summed E-state index contributed by atoms with van der Waals surface area (Å²) >= 11 is 0.942. The molecule has 0 aliphatic carbocycles. The second-order valence-corrected chi connectivity index (χ2v) is 18.8. The molecule has 2 aliphatic rings. The van der Waals surface area contributed by atoms with Gasteiger partial charge in [-0.3, -0.25) is 9.79 Å². The molecule has 12 nitrogen and oxygen atoms in total. The number of nitrogens with zero attached hydrogens (tertiary/aromatic N) is 3. The van der Waals surface area contributed by atoms with E-state index in [1.807, 2.05) is 109 Å². The van der Waals surface area contributed by atoms with Crippen molar-refractivity contribution in [3.63, 3.8) is 0 Å². The Balaban J connectivity index is 0.000000243. The van der Waals surface area contributed by atoms with Gasteiger partial charge in [-0.25, -0.2) is 13.7 Å². The largest absolute Gasteiger partial charge is 0.748 e. The molecular weight excluding hydrogens is 849 g/mol. The predicted molar refractivity (Wildman–Crippen MR) is 257 cm³/mol. The molecule has 2 aliphatic heterocycles. The molecule has 64 heavy (non-hydrogen) atoms. The summed E-state index contributed by atoms with van der Waals surface area (Å²) in [5.74, 6) is -1.11. The molecule has 6 rings (SSSR count). The number of aryl methyl sites for hydroxylation is 1. The predicted octanol–water partition coefficient (Wildman–Crippen LogP) is 11.2. The van der Waals surface area contributed by atoms with E-state index >= 15 is 0 Å². The van der Waals surface area contributed by atoms with Gasteiger partial charge in [-0.1, -0.05) is 85.5 Å². The van der Waals surface area contributed by atoms with Crippen molar-refractivity contribution in [1.82, 2.24) is 0 Å². The average Bonchev–Trinajstić information content (AvgIpc) is 3.60. The molecular formula is C50H58N4O8S2. The fourth-order valence-electron chi connectivity index (χ4n) is 7.87. The van der Waals surface area contributed by atoms with E-state index in [4.69, 9.17) is 10.4 Å². The zero-order chi connectivity index (χ0) is 46.2. The number of carboxylic acids is 1. The van der Waals surface area contributed by atoms with Crippen LogP contribution in [0.4, 0.5) is 22.7 Å². The van der Waals surface area contributed by atoms with E-state index in [2.05, 4.69) is 94.1 Å². The Kier molecular flexibility index (Phi) is 18.0. The average molecular weight is 907 g/mol. The van der Waals surface area contributed by atoms with E-state index < -0.39 is 16.1 Å². The number of benzene rings is 4. The molecule has 0 amide bonds. The van der Waals surface area contributed by atoms with Gasteiger partial charge < -0.3 is 19.9 Å². The second-order valence-electron chi connectivity index (χ2n) is 16.5. The maximum Gasteiger partial charge on any atom is 0.303 e. The minimum Gasteiger partial charge on any atom is -0.748 e. The molecule has 0 saturated carbocycles. The number of fused-ring (bicyclic) bond motifs is 2. The van der Waals surface area contributed by atoms with Crippen LogP contribution in [0, 0.1) is 6.92 Å². The molecule has 0 unspecified atom stereocenters. The van der Waals surface area contributed by atoms with Gasteiger partial charge in [0.05, 0.1) is 33.3 Å². The van der Waals surface area contributed by atoms with E-state index in [0.717, 1.165) is 76.0 Å². The fourth-order valence-corrected chi connectivity index (χ4v) is 8.76. The molecule has 0 aromatic heterocycles. The Labute approximate surface area is 381 Å². The van der Waals surface area contributed by atoms with Gasteiger partial charge in [-0.05, 0) is 106 Å². The highest BCUT2D eigenvalue weighted by Gasteiger charge is 2.44. The molecule has 0 radical (unpaired) electrons. The number of carboxylic acid groups (broad SMARTS) is 1. The Morgan fingerprint density at radius 3 is 2.31 bits per heavy atom. The van der Waals surface area contributed by atoms with Crippen LogP contribution >= 0.6 is 12.0 Å². The summed E-state index contributed by atoms with van der Waals surface area (Å²) in [6.07, 6.45) is 18.5. The van der Waals surface area contributed by atoms with Gasteiger partial charge in [0.1, 0.15) is 6.54 Å². The van der Waals surface area contributed by atoms with Crippen LogP contribution in [0.2, 0.25) is 0 Å². The molecule has 0 fully saturated rings. The number of rotatable bonds is 20. The number of anilines is 2. The second kappa shape index (κ2) is 23.4. The zero-order valence-corrected chi connectivity index (χ0v) is 38.6. The number of hydrogen-bond donors (Lipinski definition) is 3. The van der Waals surface area contributed by atoms with Crippen molar-refractivity contribution in [1.29, 1.82) is 0 Å². The molecule has 0 spiro atoms. The molecule has 0 saturated heterocycles. The van der Waals surface area contributed by atoms with Crippen LogP contribution in [0.1, 0.15) is 76.5 Å². The van der Waals surface area contributed by atoms with Crippen LogP contribution in [0.3, 0.4) is 0 Å². The Morgan fingerprint density at radius 1 is 0.875 bits per heavy atom. The van der Waals surface area contributed by atoms with Crippen molar-refractivity contribution < 1.29 is 42.1 Å². The lowest BCUT2D eigenvalue weighted by atomic mass is 9.81. The molecule has 14 heteroatoms. The first-order valence-electron chi connectivity index (χ1n) is 21.2. The third-order valence-electron chi connectivity index (χ3n) is 11.0. The number of allylic oxidation sites excluding steroid dienone is 7. The number of hydrogen-bond acceptors (Lipinski definition) is 11. The Hall–Kier alpha value is -5.61. The van der Waals surface area contributed by atoms with Crippen LogP contribution in [-0.4, -0.2) is 64.6 Å². The van der Waals surface area contributed by atoms with Gasteiger partial charge >= 0.3 is 5.97 Å². The summed E-state index contributed by atoms with van der Waals surface area (Å²) in [6.45, 7) is 12.0. The third kappa shape index (κ3) is 13.9. The topological polar surface area (TPSA) is 164 Å². The van der Waals surface area contributed by atoms with E-state index in [9.17, 15) is 17.8 Å². The zero-order valence-electron chi connectivity index (χ0n) is 37.0. The molecule has 2 heterocycles. The summed E-state index contributed by atoms with van der Waals surface area (Å²) in [4.78, 5) is 18.4. The summed E-state index contributed by atoms with van der Waals surface area (Å²) in [7, 11) is -4.22. The van der Waals surface area contributed by atoms with Crippen LogP contribution < -0.4 is 10.2 Å². The minimum absolute atomic E-state index is 0.196.